The molecule has 3 nitrogen and oxygen atoms in total. The predicted octanol–water partition coefficient (Wildman–Crippen LogP) is 4.42. The van der Waals surface area contributed by atoms with Crippen LogP contribution in [0.1, 0.15) is 18.9 Å². The van der Waals surface area contributed by atoms with Crippen molar-refractivity contribution in [1.29, 1.82) is 0 Å². The third-order valence-electron chi connectivity index (χ3n) is 2.80. The summed E-state index contributed by atoms with van der Waals surface area (Å²) < 4.78 is 45.7. The van der Waals surface area contributed by atoms with E-state index >= 15 is 0 Å². The molecule has 0 fully saturated rings. The first-order valence-electron chi connectivity index (χ1n) is 6.55. The number of ether oxygens (including phenoxy) is 1. The van der Waals surface area contributed by atoms with Crippen LogP contribution in [0.3, 0.4) is 0 Å². The Morgan fingerprint density at radius 2 is 1.90 bits per heavy atom. The normalized spacial score (nSPS) is 10.5. The largest absolute Gasteiger partial charge is 0.436 e. The first-order valence-corrected chi connectivity index (χ1v) is 6.55. The quantitative estimate of drug-likeness (QED) is 0.886. The zero-order valence-electron chi connectivity index (χ0n) is 11.7. The molecule has 0 saturated heterocycles. The maximum Gasteiger partial charge on any atom is 0.258 e. The molecule has 0 atom stereocenters. The van der Waals surface area contributed by atoms with Crippen molar-refractivity contribution in [3.8, 4) is 11.6 Å². The molecule has 2 aromatic rings. The van der Waals surface area contributed by atoms with Gasteiger partial charge in [0.05, 0.1) is 0 Å². The number of halogens is 3. The van der Waals surface area contributed by atoms with Gasteiger partial charge in [-0.15, -0.1) is 0 Å². The summed E-state index contributed by atoms with van der Waals surface area (Å²) in [5.41, 5.74) is 0.616. The maximum atomic E-state index is 13.7. The van der Waals surface area contributed by atoms with E-state index in [1.807, 2.05) is 6.92 Å². The molecular weight excluding hydrogens is 281 g/mol. The fourth-order valence-electron chi connectivity index (χ4n) is 1.68. The van der Waals surface area contributed by atoms with Gasteiger partial charge in [0.15, 0.2) is 17.5 Å². The van der Waals surface area contributed by atoms with E-state index in [-0.39, 0.29) is 11.6 Å². The fourth-order valence-corrected chi connectivity index (χ4v) is 1.68. The fraction of sp³-hybridized carbons (Fsp3) is 0.267. The molecule has 1 aromatic carbocycles. The van der Waals surface area contributed by atoms with Crippen LogP contribution < -0.4 is 10.1 Å². The van der Waals surface area contributed by atoms with Crippen LogP contribution in [-0.2, 0) is 0 Å². The maximum absolute atomic E-state index is 13.7. The van der Waals surface area contributed by atoms with Gasteiger partial charge in [0.25, 0.3) is 5.88 Å². The van der Waals surface area contributed by atoms with Gasteiger partial charge in [-0.3, -0.25) is 0 Å². The Bertz CT molecular complexity index is 647. The number of benzene rings is 1. The summed E-state index contributed by atoms with van der Waals surface area (Å²) in [7, 11) is 0. The van der Waals surface area contributed by atoms with E-state index < -0.39 is 23.3 Å². The standard InChI is InChI=1S/C15H15F3N2O/c1-3-6-19-14-11(17)8-12(18)15(20-14)21-13-7-10(16)5-4-9(13)2/h4-5,7-8H,3,6H2,1-2H3,(H,19,20). The monoisotopic (exact) mass is 296 g/mol. The lowest BCUT2D eigenvalue weighted by molar-refractivity contribution is 0.413. The molecule has 0 saturated carbocycles. The Hall–Kier alpha value is -2.24. The number of nitrogens with one attached hydrogen (secondary N) is 1. The lowest BCUT2D eigenvalue weighted by Crippen LogP contribution is -2.06. The molecule has 0 aliphatic heterocycles. The van der Waals surface area contributed by atoms with E-state index in [0.717, 1.165) is 12.5 Å². The van der Waals surface area contributed by atoms with Gasteiger partial charge in [0.2, 0.25) is 0 Å². The molecule has 0 unspecified atom stereocenters. The molecule has 1 N–H and O–H groups in total. The second-order valence-corrected chi connectivity index (χ2v) is 4.54. The van der Waals surface area contributed by atoms with Gasteiger partial charge in [-0.2, -0.15) is 4.98 Å². The number of rotatable bonds is 5. The van der Waals surface area contributed by atoms with Crippen molar-refractivity contribution in [3.63, 3.8) is 0 Å². The smallest absolute Gasteiger partial charge is 0.258 e. The van der Waals surface area contributed by atoms with Crippen molar-refractivity contribution < 1.29 is 17.9 Å². The molecule has 0 spiro atoms. The van der Waals surface area contributed by atoms with E-state index in [0.29, 0.717) is 18.2 Å². The molecule has 112 valence electrons. The number of aryl methyl sites for hydroxylation is 1. The number of hydrogen-bond donors (Lipinski definition) is 1. The third kappa shape index (κ3) is 3.65. The van der Waals surface area contributed by atoms with Crippen LogP contribution >= 0.6 is 0 Å². The van der Waals surface area contributed by atoms with Gasteiger partial charge in [0.1, 0.15) is 11.6 Å². The molecule has 21 heavy (non-hydrogen) atoms. The minimum Gasteiger partial charge on any atom is -0.436 e. The van der Waals surface area contributed by atoms with Crippen LogP contribution in [0.4, 0.5) is 19.0 Å². The van der Waals surface area contributed by atoms with Crippen molar-refractivity contribution in [2.45, 2.75) is 20.3 Å². The Labute approximate surface area is 120 Å². The van der Waals surface area contributed by atoms with Gasteiger partial charge in [0, 0.05) is 18.7 Å². The number of anilines is 1. The van der Waals surface area contributed by atoms with Gasteiger partial charge in [-0.25, -0.2) is 13.2 Å². The minimum atomic E-state index is -0.946. The van der Waals surface area contributed by atoms with Crippen molar-refractivity contribution in [3.05, 3.63) is 47.3 Å². The van der Waals surface area contributed by atoms with E-state index in [9.17, 15) is 13.2 Å². The van der Waals surface area contributed by atoms with Gasteiger partial charge in [-0.1, -0.05) is 13.0 Å². The summed E-state index contributed by atoms with van der Waals surface area (Å²) in [5, 5.41) is 2.74. The Kier molecular flexibility index (Phi) is 4.67. The zero-order chi connectivity index (χ0) is 15.4. The van der Waals surface area contributed by atoms with Crippen LogP contribution in [0, 0.1) is 24.4 Å². The molecule has 0 bridgehead atoms. The van der Waals surface area contributed by atoms with E-state index in [1.54, 1.807) is 6.92 Å². The average Bonchev–Trinajstić information content (AvgIpc) is 2.44. The van der Waals surface area contributed by atoms with Crippen LogP contribution in [0.25, 0.3) is 0 Å². The van der Waals surface area contributed by atoms with Gasteiger partial charge in [-0.05, 0) is 25.0 Å². The average molecular weight is 296 g/mol. The SMILES string of the molecule is CCCNc1nc(Oc2cc(F)ccc2C)c(F)cc1F. The molecule has 1 heterocycles. The number of aromatic nitrogens is 1. The predicted molar refractivity (Wildman–Crippen MR) is 74.1 cm³/mol. The first-order chi connectivity index (χ1) is 10.0. The number of pyridine rings is 1. The summed E-state index contributed by atoms with van der Waals surface area (Å²) in [4.78, 5) is 3.77. The van der Waals surface area contributed by atoms with Gasteiger partial charge < -0.3 is 10.1 Å². The number of hydrogen-bond acceptors (Lipinski definition) is 3. The molecule has 6 heteroatoms. The molecule has 2 rings (SSSR count). The molecule has 0 amide bonds. The minimum absolute atomic E-state index is 0.0951. The third-order valence-corrected chi connectivity index (χ3v) is 2.80. The molecule has 0 aliphatic rings. The van der Waals surface area contributed by atoms with Crippen molar-refractivity contribution >= 4 is 5.82 Å². The van der Waals surface area contributed by atoms with E-state index in [2.05, 4.69) is 10.3 Å². The zero-order valence-corrected chi connectivity index (χ0v) is 11.7. The van der Waals surface area contributed by atoms with E-state index in [4.69, 9.17) is 4.74 Å². The molecule has 1 aromatic heterocycles. The van der Waals surface area contributed by atoms with Crippen LogP contribution in [0.2, 0.25) is 0 Å². The summed E-state index contributed by atoms with van der Waals surface area (Å²) in [6.07, 6.45) is 0.762. The Morgan fingerprint density at radius 1 is 1.14 bits per heavy atom. The summed E-state index contributed by atoms with van der Waals surface area (Å²) in [6.45, 7) is 4.09. The van der Waals surface area contributed by atoms with Crippen molar-refractivity contribution in [1.82, 2.24) is 4.98 Å². The lowest BCUT2D eigenvalue weighted by atomic mass is 10.2. The van der Waals surface area contributed by atoms with E-state index in [1.165, 1.54) is 12.1 Å². The van der Waals surface area contributed by atoms with Crippen molar-refractivity contribution in [2.75, 3.05) is 11.9 Å². The highest BCUT2D eigenvalue weighted by molar-refractivity contribution is 5.42. The highest BCUT2D eigenvalue weighted by Crippen LogP contribution is 2.28. The van der Waals surface area contributed by atoms with Crippen molar-refractivity contribution in [2.24, 2.45) is 0 Å². The summed E-state index contributed by atoms with van der Waals surface area (Å²) in [5.74, 6) is -2.62. The highest BCUT2D eigenvalue weighted by Gasteiger charge is 2.14. The first kappa shape index (κ1) is 15.2. The second kappa shape index (κ2) is 6.47. The topological polar surface area (TPSA) is 34.2 Å². The van der Waals surface area contributed by atoms with Crippen LogP contribution in [0.5, 0.6) is 11.6 Å². The Morgan fingerprint density at radius 3 is 2.62 bits per heavy atom. The highest BCUT2D eigenvalue weighted by atomic mass is 19.1. The summed E-state index contributed by atoms with van der Waals surface area (Å²) >= 11 is 0. The molecule has 0 aliphatic carbocycles. The van der Waals surface area contributed by atoms with Crippen LogP contribution in [-0.4, -0.2) is 11.5 Å². The summed E-state index contributed by atoms with van der Waals surface area (Å²) in [6, 6.07) is 4.58. The lowest BCUT2D eigenvalue weighted by Gasteiger charge is -2.11. The second-order valence-electron chi connectivity index (χ2n) is 4.54. The number of nitrogens with zero attached hydrogens (tertiary/aromatic N) is 1. The molecular formula is C15H15F3N2O. The Balaban J connectivity index is 2.32. The van der Waals surface area contributed by atoms with Gasteiger partial charge >= 0.3 is 0 Å². The van der Waals surface area contributed by atoms with Crippen LogP contribution in [0.15, 0.2) is 24.3 Å². The molecule has 0 radical (unpaired) electrons.